The second-order valence-corrected chi connectivity index (χ2v) is 36.9. The average Bonchev–Trinajstić information content (AvgIpc) is 1.52. The Hall–Kier alpha value is -6.93. The van der Waals surface area contributed by atoms with Crippen molar-refractivity contribution in [1.82, 2.24) is 28.2 Å². The summed E-state index contributed by atoms with van der Waals surface area (Å²) in [6, 6.07) is 20.7. The number of ether oxygens (including phenoxy) is 4. The Morgan fingerprint density at radius 2 is 0.827 bits per heavy atom. The van der Waals surface area contributed by atoms with Gasteiger partial charge < -0.3 is 24.1 Å². The highest BCUT2D eigenvalue weighted by Gasteiger charge is 2.42. The van der Waals surface area contributed by atoms with Crippen LogP contribution in [0.15, 0.2) is 135 Å². The number of halogens is 1. The van der Waals surface area contributed by atoms with Gasteiger partial charge in [0.15, 0.2) is 0 Å². The maximum Gasteiger partial charge on any atom is 0.425 e. The molecule has 110 heavy (non-hydrogen) atoms. The number of aliphatic hydroxyl groups is 1. The summed E-state index contributed by atoms with van der Waals surface area (Å²) in [4.78, 5) is 90.2. The third-order valence-corrected chi connectivity index (χ3v) is 25.8. The normalized spacial score (nSPS) is 23.0. The molecule has 3 aromatic heterocycles. The van der Waals surface area contributed by atoms with Crippen molar-refractivity contribution >= 4 is 46.1 Å². The first-order chi connectivity index (χ1) is 52.1. The Kier molecular flexibility index (Phi) is 31.0. The Balaban J connectivity index is 0.000000180. The Morgan fingerprint density at radius 1 is 0.491 bits per heavy atom. The van der Waals surface area contributed by atoms with Crippen molar-refractivity contribution in [1.29, 1.82) is 0 Å². The van der Waals surface area contributed by atoms with Crippen LogP contribution >= 0.6 is 10.7 Å². The van der Waals surface area contributed by atoms with Crippen LogP contribution in [0.1, 0.15) is 248 Å². The number of aliphatic hydroxyl groups excluding tert-OH is 1. The molecule has 3 aliphatic heterocycles. The molecule has 6 heterocycles. The lowest BCUT2D eigenvalue weighted by atomic mass is 9.85. The molecular formula is C80H111ClN6O20S3. The highest BCUT2D eigenvalue weighted by molar-refractivity contribution is 8.13. The van der Waals surface area contributed by atoms with Crippen molar-refractivity contribution in [2.75, 3.05) is 0 Å². The minimum Gasteiger partial charge on any atom is -0.443 e. The first-order valence-electron chi connectivity index (χ1n) is 39.1. The highest BCUT2D eigenvalue weighted by Crippen LogP contribution is 2.37. The Labute approximate surface area is 649 Å². The van der Waals surface area contributed by atoms with Crippen LogP contribution in [0, 0.1) is 38.5 Å². The van der Waals surface area contributed by atoms with Crippen molar-refractivity contribution in [3.05, 3.63) is 187 Å². The molecule has 0 amide bonds. The quantitative estimate of drug-likeness (QED) is 0.0420. The lowest BCUT2D eigenvalue weighted by Crippen LogP contribution is -2.47. The number of aromatic nitrogens is 6. The van der Waals surface area contributed by atoms with Gasteiger partial charge in [-0.25, -0.2) is 27.6 Å². The van der Waals surface area contributed by atoms with Crippen LogP contribution in [-0.4, -0.2) is 107 Å². The molecule has 12 rings (SSSR count). The van der Waals surface area contributed by atoms with E-state index < -0.39 is 124 Å². The number of rotatable bonds is 22. The number of aromatic amines is 2. The van der Waals surface area contributed by atoms with Crippen LogP contribution < -0.4 is 33.7 Å². The third kappa shape index (κ3) is 24.1. The zero-order valence-electron chi connectivity index (χ0n) is 64.8. The van der Waals surface area contributed by atoms with Gasteiger partial charge >= 0.3 is 23.2 Å². The summed E-state index contributed by atoms with van der Waals surface area (Å²) in [7, 11) is -6.40. The zero-order valence-corrected chi connectivity index (χ0v) is 68.0. The number of H-pyrrole nitrogens is 2. The minimum absolute atomic E-state index is 0.0308. The smallest absolute Gasteiger partial charge is 0.425 e. The maximum atomic E-state index is 13.2. The molecular weight excluding hydrogens is 1500 g/mol. The van der Waals surface area contributed by atoms with E-state index in [0.717, 1.165) is 65.6 Å². The largest absolute Gasteiger partial charge is 0.443 e. The van der Waals surface area contributed by atoms with E-state index in [9.17, 15) is 63.9 Å². The molecule has 0 radical (unpaired) electrons. The molecule has 3 aliphatic carbocycles. The van der Waals surface area contributed by atoms with E-state index in [1.165, 1.54) is 143 Å². The topological polar surface area (TPSA) is 349 Å². The van der Waals surface area contributed by atoms with Crippen LogP contribution in [0.4, 0.5) is 4.79 Å². The van der Waals surface area contributed by atoms with Gasteiger partial charge in [-0.2, -0.15) is 21.4 Å². The van der Waals surface area contributed by atoms with Gasteiger partial charge in [0.2, 0.25) is 0 Å². The predicted molar refractivity (Wildman–Crippen MR) is 417 cm³/mol. The van der Waals surface area contributed by atoms with Gasteiger partial charge in [-0.15, -0.1) is 0 Å². The molecule has 6 aromatic rings. The molecule has 3 N–H and O–H groups in total. The van der Waals surface area contributed by atoms with Crippen LogP contribution in [0.25, 0.3) is 0 Å². The molecule has 0 unspecified atom stereocenters. The average molecular weight is 1610 g/mol. The number of hydrogen-bond acceptors (Lipinski definition) is 20. The standard InChI is InChI=1S/C30H42N2O8S.C25H34N2O6S.C14H19ClO2S.C11H16N2O4/c1-6-24-25(40-41(36,37)23-16-14-22(15-17-23)13-12-21-10-8-7-9-11-21)18-26(38-24)31-19-20(2)27(33)32(28(31)34)29(35)39-30(3,4)5;1-3-21-22(15-23(32-21)27-16-17(2)24(28)26-25(27)29)33-34(30,31)20-13-11-19(12-14-20)10-9-18-7-5-4-6-8-18;15-18(16,17)14-10-8-13(9-11-14)7-6-12-4-2-1-3-5-12;1-3-8-7(14)4-9(17-8)13-5-6(2)10(15)12-11(13)16/h14-17,19,21,24-26H,6-13,18H2,1-5H3;11-14,16,18,21-23H,3-10,15H2,1-2H3,(H,26,28,29);8-12H,1-7H2;5,7-9,14H,3-4H2,1-2H3,(H,12,15,16)/t24-,25-,26-;21-,22-,23-;;7-,8-,9-/m11.1/s1. The number of hydrogen-bond donors (Lipinski definition) is 3. The molecule has 9 atom stereocenters. The van der Waals surface area contributed by atoms with E-state index >= 15 is 0 Å². The minimum atomic E-state index is -4.11. The van der Waals surface area contributed by atoms with E-state index in [1.54, 1.807) is 71.0 Å². The molecule has 3 saturated heterocycles. The first-order valence-corrected chi connectivity index (χ1v) is 44.2. The third-order valence-electron chi connectivity index (χ3n) is 21.7. The number of carbonyl (C=O) groups is 1. The number of benzene rings is 3. The lowest BCUT2D eigenvalue weighted by molar-refractivity contribution is -0.0218. The van der Waals surface area contributed by atoms with Crippen molar-refractivity contribution < 1.29 is 62.5 Å². The van der Waals surface area contributed by atoms with Crippen LogP contribution in [0.5, 0.6) is 0 Å². The summed E-state index contributed by atoms with van der Waals surface area (Å²) < 4.78 is 113. The van der Waals surface area contributed by atoms with E-state index in [0.29, 0.717) is 41.4 Å². The van der Waals surface area contributed by atoms with Gasteiger partial charge in [0.05, 0.1) is 39.1 Å². The molecule has 0 spiro atoms. The summed E-state index contributed by atoms with van der Waals surface area (Å²) in [5, 5.41) is 9.72. The van der Waals surface area contributed by atoms with Crippen molar-refractivity contribution in [2.45, 2.75) is 311 Å². The lowest BCUT2D eigenvalue weighted by Gasteiger charge is -2.21. The summed E-state index contributed by atoms with van der Waals surface area (Å²) in [5.74, 6) is 2.38. The van der Waals surface area contributed by atoms with Gasteiger partial charge in [-0.3, -0.25) is 46.4 Å². The summed E-state index contributed by atoms with van der Waals surface area (Å²) in [6.07, 6.45) is 25.9. The summed E-state index contributed by atoms with van der Waals surface area (Å²) >= 11 is 0. The van der Waals surface area contributed by atoms with Crippen LogP contribution in [0.2, 0.25) is 0 Å². The van der Waals surface area contributed by atoms with E-state index in [-0.39, 0.29) is 39.2 Å². The van der Waals surface area contributed by atoms with Crippen molar-refractivity contribution in [3.8, 4) is 0 Å². The van der Waals surface area contributed by atoms with Crippen LogP contribution in [-0.2, 0) is 75.9 Å². The maximum absolute atomic E-state index is 13.2. The number of nitrogens with zero attached hydrogens (tertiary/aromatic N) is 4. The molecule has 26 nitrogen and oxygen atoms in total. The van der Waals surface area contributed by atoms with Gasteiger partial charge in [0.25, 0.3) is 46.0 Å². The van der Waals surface area contributed by atoms with E-state index in [4.69, 9.17) is 38.0 Å². The molecule has 6 fully saturated rings. The number of nitrogens with one attached hydrogen (secondary N) is 2. The van der Waals surface area contributed by atoms with Gasteiger partial charge in [0.1, 0.15) is 36.5 Å². The van der Waals surface area contributed by atoms with E-state index in [2.05, 4.69) is 9.97 Å². The van der Waals surface area contributed by atoms with Crippen molar-refractivity contribution in [2.24, 2.45) is 17.8 Å². The molecule has 3 aromatic carbocycles. The highest BCUT2D eigenvalue weighted by atomic mass is 35.7. The fourth-order valence-corrected chi connectivity index (χ4v) is 18.3. The predicted octanol–water partition coefficient (Wildman–Crippen LogP) is 12.9. The number of carbonyl (C=O) groups excluding carboxylic acids is 1. The molecule has 3 saturated carbocycles. The second-order valence-electron chi connectivity index (χ2n) is 31.1. The molecule has 6 aliphatic rings. The van der Waals surface area contributed by atoms with Crippen LogP contribution in [0.3, 0.4) is 0 Å². The van der Waals surface area contributed by atoms with Gasteiger partial charge in [-0.05, 0) is 170 Å². The van der Waals surface area contributed by atoms with Gasteiger partial charge in [-0.1, -0.05) is 153 Å². The number of aryl methyl sites for hydroxylation is 6. The SMILES string of the molecule is CC[C@H]1O[C@@H](n2cc(C)c(=O)[nH]c2=O)C[C@H]1O.CC[C@H]1O[C@@H](n2cc(C)c(=O)[nH]c2=O)C[C@H]1OS(=O)(=O)c1ccc(CCC2CCCCC2)cc1.CC[C@H]1O[C@@H](n2cc(C)c(=O)n(C(=O)OC(C)(C)C)c2=O)C[C@H]1OS(=O)(=O)c1ccc(CCC2CCCCC2)cc1.O=S(=O)(Cl)c1ccc(CCC2CCCCC2)cc1. The second kappa shape index (κ2) is 39.2. The van der Waals surface area contributed by atoms with Gasteiger partial charge in [0, 0.05) is 65.2 Å². The summed E-state index contributed by atoms with van der Waals surface area (Å²) in [6.45, 7) is 15.2. The zero-order chi connectivity index (χ0) is 79.8. The fourth-order valence-electron chi connectivity index (χ4n) is 15.3. The molecule has 0 bridgehead atoms. The molecule has 30 heteroatoms. The monoisotopic (exact) mass is 1610 g/mol. The Bertz CT molecular complexity index is 4780. The van der Waals surface area contributed by atoms with E-state index in [1.807, 2.05) is 57.2 Å². The van der Waals surface area contributed by atoms with Crippen molar-refractivity contribution in [3.63, 3.8) is 0 Å². The Morgan fingerprint density at radius 3 is 1.17 bits per heavy atom. The fraction of sp³-hybridized carbons (Fsp3) is 0.613. The summed E-state index contributed by atoms with van der Waals surface area (Å²) in [5.41, 5.74) is -0.205. The molecule has 606 valence electrons. The first kappa shape index (κ1) is 87.0.